The number of rotatable bonds is 3. The Morgan fingerprint density at radius 3 is 2.62 bits per heavy atom. The maximum atomic E-state index is 11.2. The smallest absolute Gasteiger partial charge is 0.248 e. The number of hydrogen-bond acceptors (Lipinski definition) is 2. The molecule has 0 aliphatic carbocycles. The number of likely N-dealkylation sites (N-methyl/N-ethyl adjacent to an activating group) is 1. The highest BCUT2D eigenvalue weighted by Gasteiger charge is 2.22. The van der Waals surface area contributed by atoms with E-state index in [1.165, 1.54) is 27.7 Å². The molecule has 2 N–H and O–H groups in total. The van der Waals surface area contributed by atoms with Gasteiger partial charge in [-0.05, 0) is 42.8 Å². The van der Waals surface area contributed by atoms with Crippen molar-refractivity contribution in [1.82, 2.24) is 9.47 Å². The van der Waals surface area contributed by atoms with E-state index in [1.54, 1.807) is 0 Å². The van der Waals surface area contributed by atoms with Crippen molar-refractivity contribution < 1.29 is 4.79 Å². The normalized spacial score (nSPS) is 14.7. The third-order valence-electron chi connectivity index (χ3n) is 4.94. The summed E-state index contributed by atoms with van der Waals surface area (Å²) < 4.78 is 2.42. The molecular weight excluding hydrogens is 298 g/mol. The molecule has 1 aliphatic heterocycles. The van der Waals surface area contributed by atoms with Crippen molar-refractivity contribution in [1.29, 1.82) is 0 Å². The largest absolute Gasteiger partial charge is 0.366 e. The molecule has 4 rings (SSSR count). The Morgan fingerprint density at radius 1 is 1.12 bits per heavy atom. The van der Waals surface area contributed by atoms with E-state index < -0.39 is 0 Å². The van der Waals surface area contributed by atoms with Gasteiger partial charge in [0.1, 0.15) is 0 Å². The number of primary amides is 1. The lowest BCUT2D eigenvalue weighted by molar-refractivity contribution is 0.100. The minimum Gasteiger partial charge on any atom is -0.366 e. The number of nitrogens with two attached hydrogens (primary N) is 1. The summed E-state index contributed by atoms with van der Waals surface area (Å²) in [7, 11) is 2.17. The molecule has 1 aromatic heterocycles. The van der Waals surface area contributed by atoms with Crippen molar-refractivity contribution >= 4 is 16.8 Å². The van der Waals surface area contributed by atoms with Crippen molar-refractivity contribution in [2.45, 2.75) is 19.5 Å². The SMILES string of the molecule is CN1CCc2c(n(Cc3ccc(C(N)=O)cc3)c3ccccc23)C1. The minimum absolute atomic E-state index is 0.382. The number of aromatic nitrogens is 1. The van der Waals surface area contributed by atoms with Crippen LogP contribution in [-0.4, -0.2) is 29.0 Å². The number of fused-ring (bicyclic) bond motifs is 3. The third kappa shape index (κ3) is 2.49. The topological polar surface area (TPSA) is 51.3 Å². The van der Waals surface area contributed by atoms with Gasteiger partial charge in [-0.25, -0.2) is 0 Å². The van der Waals surface area contributed by atoms with Crippen LogP contribution in [0, 0.1) is 0 Å². The highest BCUT2D eigenvalue weighted by Crippen LogP contribution is 2.31. The van der Waals surface area contributed by atoms with Gasteiger partial charge in [0, 0.05) is 41.8 Å². The lowest BCUT2D eigenvalue weighted by Gasteiger charge is -2.24. The number of amides is 1. The molecule has 24 heavy (non-hydrogen) atoms. The molecule has 0 unspecified atom stereocenters. The van der Waals surface area contributed by atoms with E-state index in [9.17, 15) is 4.79 Å². The maximum absolute atomic E-state index is 11.2. The second kappa shape index (κ2) is 5.80. The summed E-state index contributed by atoms with van der Waals surface area (Å²) in [5.74, 6) is -0.382. The van der Waals surface area contributed by atoms with Crippen LogP contribution in [0.25, 0.3) is 10.9 Å². The Kier molecular flexibility index (Phi) is 3.62. The standard InChI is InChI=1S/C20H21N3O/c1-22-11-10-17-16-4-2-3-5-18(16)23(19(17)13-22)12-14-6-8-15(9-7-14)20(21)24/h2-9H,10-13H2,1H3,(H2,21,24). The summed E-state index contributed by atoms with van der Waals surface area (Å²) in [5, 5.41) is 1.37. The van der Waals surface area contributed by atoms with E-state index in [1.807, 2.05) is 24.3 Å². The fourth-order valence-corrected chi connectivity index (χ4v) is 3.66. The van der Waals surface area contributed by atoms with E-state index in [0.29, 0.717) is 5.56 Å². The maximum Gasteiger partial charge on any atom is 0.248 e. The van der Waals surface area contributed by atoms with Crippen LogP contribution in [0.1, 0.15) is 27.2 Å². The zero-order valence-corrected chi connectivity index (χ0v) is 13.8. The molecule has 1 aliphatic rings. The Balaban J connectivity index is 1.78. The second-order valence-electron chi connectivity index (χ2n) is 6.58. The van der Waals surface area contributed by atoms with Crippen molar-refractivity contribution in [3.63, 3.8) is 0 Å². The first-order valence-corrected chi connectivity index (χ1v) is 8.30. The molecule has 2 heterocycles. The summed E-state index contributed by atoms with van der Waals surface area (Å²) in [6.07, 6.45) is 1.10. The van der Waals surface area contributed by atoms with Gasteiger partial charge < -0.3 is 15.2 Å². The molecule has 122 valence electrons. The van der Waals surface area contributed by atoms with Crippen LogP contribution >= 0.6 is 0 Å². The van der Waals surface area contributed by atoms with E-state index in [0.717, 1.165) is 26.1 Å². The minimum atomic E-state index is -0.382. The van der Waals surface area contributed by atoms with Crippen LogP contribution in [-0.2, 0) is 19.5 Å². The number of carbonyl (C=O) groups is 1. The predicted octanol–water partition coefficient (Wildman–Crippen LogP) is 2.78. The van der Waals surface area contributed by atoms with Crippen LogP contribution in [0.4, 0.5) is 0 Å². The van der Waals surface area contributed by atoms with Gasteiger partial charge in [0.2, 0.25) is 5.91 Å². The predicted molar refractivity (Wildman–Crippen MR) is 96.0 cm³/mol. The molecule has 0 saturated carbocycles. The summed E-state index contributed by atoms with van der Waals surface area (Å²) in [6, 6.07) is 16.3. The van der Waals surface area contributed by atoms with Crippen LogP contribution < -0.4 is 5.73 Å². The Bertz CT molecular complexity index is 909. The van der Waals surface area contributed by atoms with Crippen LogP contribution in [0.2, 0.25) is 0 Å². The van der Waals surface area contributed by atoms with E-state index in [2.05, 4.69) is 40.8 Å². The molecule has 3 aromatic rings. The molecule has 0 atom stereocenters. The van der Waals surface area contributed by atoms with Gasteiger partial charge >= 0.3 is 0 Å². The first-order valence-electron chi connectivity index (χ1n) is 8.30. The molecular formula is C20H21N3O. The monoisotopic (exact) mass is 319 g/mol. The number of carbonyl (C=O) groups excluding carboxylic acids is 1. The molecule has 1 amide bonds. The number of benzene rings is 2. The number of para-hydroxylation sites is 1. The van der Waals surface area contributed by atoms with Gasteiger partial charge in [0.25, 0.3) is 0 Å². The molecule has 0 fully saturated rings. The van der Waals surface area contributed by atoms with Crippen molar-refractivity contribution in [2.24, 2.45) is 5.73 Å². The molecule has 0 bridgehead atoms. The lowest BCUT2D eigenvalue weighted by Crippen LogP contribution is -2.27. The van der Waals surface area contributed by atoms with Crippen LogP contribution in [0.3, 0.4) is 0 Å². The van der Waals surface area contributed by atoms with Crippen LogP contribution in [0.15, 0.2) is 48.5 Å². The fourth-order valence-electron chi connectivity index (χ4n) is 3.66. The molecule has 0 radical (unpaired) electrons. The summed E-state index contributed by atoms with van der Waals surface area (Å²) in [5.41, 5.74) is 11.2. The summed E-state index contributed by atoms with van der Waals surface area (Å²) in [6.45, 7) is 2.89. The zero-order chi connectivity index (χ0) is 16.7. The fraction of sp³-hybridized carbons (Fsp3) is 0.250. The first kappa shape index (κ1) is 15.0. The zero-order valence-electron chi connectivity index (χ0n) is 13.8. The average molecular weight is 319 g/mol. The second-order valence-corrected chi connectivity index (χ2v) is 6.58. The Hall–Kier alpha value is -2.59. The molecule has 4 heteroatoms. The van der Waals surface area contributed by atoms with E-state index in [-0.39, 0.29) is 5.91 Å². The lowest BCUT2D eigenvalue weighted by atomic mass is 10.0. The Labute approximate surface area is 141 Å². The molecule has 0 spiro atoms. The highest BCUT2D eigenvalue weighted by molar-refractivity contribution is 5.92. The van der Waals surface area contributed by atoms with Gasteiger partial charge in [-0.15, -0.1) is 0 Å². The average Bonchev–Trinajstić information content (AvgIpc) is 2.89. The van der Waals surface area contributed by atoms with Crippen molar-refractivity contribution in [2.75, 3.05) is 13.6 Å². The van der Waals surface area contributed by atoms with Gasteiger partial charge in [-0.2, -0.15) is 0 Å². The molecule has 0 saturated heterocycles. The van der Waals surface area contributed by atoms with Gasteiger partial charge in [0.15, 0.2) is 0 Å². The van der Waals surface area contributed by atoms with Crippen LogP contribution in [0.5, 0.6) is 0 Å². The number of hydrogen-bond donors (Lipinski definition) is 1. The summed E-state index contributed by atoms with van der Waals surface area (Å²) in [4.78, 5) is 13.6. The number of nitrogens with zero attached hydrogens (tertiary/aromatic N) is 2. The van der Waals surface area contributed by atoms with Gasteiger partial charge in [-0.3, -0.25) is 4.79 Å². The van der Waals surface area contributed by atoms with E-state index in [4.69, 9.17) is 5.73 Å². The molecule has 4 nitrogen and oxygen atoms in total. The molecule has 2 aromatic carbocycles. The third-order valence-corrected chi connectivity index (χ3v) is 4.94. The quantitative estimate of drug-likeness (QED) is 0.807. The van der Waals surface area contributed by atoms with Gasteiger partial charge in [-0.1, -0.05) is 30.3 Å². The highest BCUT2D eigenvalue weighted by atomic mass is 16.1. The van der Waals surface area contributed by atoms with Crippen molar-refractivity contribution in [3.8, 4) is 0 Å². The Morgan fingerprint density at radius 2 is 1.88 bits per heavy atom. The van der Waals surface area contributed by atoms with Crippen molar-refractivity contribution in [3.05, 3.63) is 70.9 Å². The first-order chi connectivity index (χ1) is 11.6. The van der Waals surface area contributed by atoms with Gasteiger partial charge in [0.05, 0.1) is 0 Å². The van der Waals surface area contributed by atoms with E-state index >= 15 is 0 Å². The summed E-state index contributed by atoms with van der Waals surface area (Å²) >= 11 is 0.